The fourth-order valence-electron chi connectivity index (χ4n) is 0.0808. The summed E-state index contributed by atoms with van der Waals surface area (Å²) < 4.78 is -0.431. The molecule has 0 spiro atoms. The lowest BCUT2D eigenvalue weighted by molar-refractivity contribution is -0.131. The minimum atomic E-state index is -1.33. The number of carbonyl (C=O) groups is 1. The van der Waals surface area contributed by atoms with Crippen molar-refractivity contribution < 1.29 is 9.90 Å². The molecule has 0 radical (unpaired) electrons. The van der Waals surface area contributed by atoms with Crippen LogP contribution in [0.5, 0.6) is 0 Å². The molecule has 0 fully saturated rings. The van der Waals surface area contributed by atoms with Crippen molar-refractivity contribution in [3.05, 3.63) is 9.52 Å². The Morgan fingerprint density at radius 2 is 1.62 bits per heavy atom. The van der Waals surface area contributed by atoms with Gasteiger partial charge in [-0.05, 0) is 0 Å². The van der Waals surface area contributed by atoms with E-state index < -0.39 is 15.5 Å². The highest BCUT2D eigenvalue weighted by molar-refractivity contribution is 6.62. The Hall–Kier alpha value is 0.0800. The van der Waals surface area contributed by atoms with E-state index in [2.05, 4.69) is 0 Å². The van der Waals surface area contributed by atoms with Crippen LogP contribution in [-0.4, -0.2) is 11.1 Å². The first-order valence-corrected chi connectivity index (χ1v) is 2.63. The Balaban J connectivity index is 4.23. The van der Waals surface area contributed by atoms with Gasteiger partial charge in [-0.1, -0.05) is 34.8 Å². The molecule has 0 aliphatic carbocycles. The Morgan fingerprint density at radius 1 is 1.25 bits per heavy atom. The summed E-state index contributed by atoms with van der Waals surface area (Å²) in [4.78, 5) is 9.78. The number of carboxylic acid groups (broad SMARTS) is 1. The molecule has 46 valence electrons. The molecule has 0 aliphatic heterocycles. The molecule has 0 amide bonds. The van der Waals surface area contributed by atoms with Gasteiger partial charge >= 0.3 is 5.97 Å². The summed E-state index contributed by atoms with van der Waals surface area (Å²) in [6.07, 6.45) is 0. The average molecular weight is 175 g/mol. The van der Waals surface area contributed by atoms with Gasteiger partial charge in [-0.2, -0.15) is 0 Å². The van der Waals surface area contributed by atoms with Crippen molar-refractivity contribution in [1.82, 2.24) is 0 Å². The van der Waals surface area contributed by atoms with Gasteiger partial charge in [-0.15, -0.1) is 0 Å². The van der Waals surface area contributed by atoms with Crippen LogP contribution in [0.1, 0.15) is 0 Å². The van der Waals surface area contributed by atoms with Crippen LogP contribution in [0.3, 0.4) is 0 Å². The van der Waals surface area contributed by atoms with Gasteiger partial charge in [0.25, 0.3) is 0 Å². The zero-order valence-electron chi connectivity index (χ0n) is 3.49. The Morgan fingerprint density at radius 3 is 1.62 bits per heavy atom. The second kappa shape index (κ2) is 3.17. The summed E-state index contributed by atoms with van der Waals surface area (Å²) in [5, 5.41) is 7.43. The molecule has 0 atom stereocenters. The smallest absolute Gasteiger partial charge is 0.349 e. The van der Waals surface area contributed by atoms with Crippen LogP contribution in [0, 0.1) is 0 Å². The second-order valence-electron chi connectivity index (χ2n) is 0.880. The number of hydrogen-bond donors (Lipinski definition) is 1. The van der Waals surface area contributed by atoms with Crippen LogP contribution < -0.4 is 0 Å². The Labute approximate surface area is 60.6 Å². The maximum Gasteiger partial charge on any atom is 0.349 e. The molecule has 8 heavy (non-hydrogen) atoms. The van der Waals surface area contributed by atoms with Crippen molar-refractivity contribution in [3.8, 4) is 0 Å². The van der Waals surface area contributed by atoms with Gasteiger partial charge in [0.1, 0.15) is 4.49 Å². The summed E-state index contributed by atoms with van der Waals surface area (Å²) in [6, 6.07) is 0. The second-order valence-corrected chi connectivity index (χ2v) is 2.21. The van der Waals surface area contributed by atoms with Gasteiger partial charge in [0.15, 0.2) is 5.03 Å². The fraction of sp³-hybridized carbons (Fsp3) is 0. The van der Waals surface area contributed by atoms with Crippen molar-refractivity contribution in [2.75, 3.05) is 0 Å². The summed E-state index contributed by atoms with van der Waals surface area (Å²) in [5.74, 6) is -1.33. The molecule has 0 bridgehead atoms. The number of halogens is 3. The quantitative estimate of drug-likeness (QED) is 0.619. The van der Waals surface area contributed by atoms with E-state index in [1.807, 2.05) is 0 Å². The summed E-state index contributed by atoms with van der Waals surface area (Å²) in [6.45, 7) is 0. The fourth-order valence-corrected chi connectivity index (χ4v) is 0.243. The Kier molecular flexibility index (Phi) is 3.21. The molecule has 5 heteroatoms. The zero-order valence-corrected chi connectivity index (χ0v) is 5.76. The van der Waals surface area contributed by atoms with E-state index in [1.54, 1.807) is 0 Å². The number of aliphatic carboxylic acids is 1. The first kappa shape index (κ1) is 8.08. The van der Waals surface area contributed by atoms with Crippen LogP contribution in [0.25, 0.3) is 0 Å². The first-order valence-electron chi connectivity index (χ1n) is 1.49. The lowest BCUT2D eigenvalue weighted by Crippen LogP contribution is -1.93. The minimum Gasteiger partial charge on any atom is -0.477 e. The van der Waals surface area contributed by atoms with Crippen molar-refractivity contribution in [1.29, 1.82) is 0 Å². The maximum absolute atomic E-state index is 9.78. The van der Waals surface area contributed by atoms with Crippen LogP contribution in [-0.2, 0) is 4.79 Å². The maximum atomic E-state index is 9.78. The van der Waals surface area contributed by atoms with E-state index in [1.165, 1.54) is 0 Å². The zero-order chi connectivity index (χ0) is 6.73. The third-order valence-corrected chi connectivity index (χ3v) is 1.28. The molecule has 0 saturated heterocycles. The van der Waals surface area contributed by atoms with E-state index >= 15 is 0 Å². The third-order valence-electron chi connectivity index (χ3n) is 0.354. The number of rotatable bonds is 1. The van der Waals surface area contributed by atoms with Crippen molar-refractivity contribution in [3.63, 3.8) is 0 Å². The van der Waals surface area contributed by atoms with Gasteiger partial charge < -0.3 is 5.11 Å². The van der Waals surface area contributed by atoms with Crippen LogP contribution >= 0.6 is 34.8 Å². The highest BCUT2D eigenvalue weighted by Crippen LogP contribution is 2.16. The lowest BCUT2D eigenvalue weighted by atomic mass is 10.7. The van der Waals surface area contributed by atoms with E-state index in [0.717, 1.165) is 0 Å². The highest BCUT2D eigenvalue weighted by atomic mass is 35.5. The normalized spacial score (nSPS) is 8.38. The monoisotopic (exact) mass is 174 g/mol. The first-order chi connectivity index (χ1) is 3.55. The predicted molar refractivity (Wildman–Crippen MR) is 32.2 cm³/mol. The van der Waals surface area contributed by atoms with Crippen molar-refractivity contribution in [2.24, 2.45) is 0 Å². The molecule has 0 saturated carbocycles. The molecule has 0 rings (SSSR count). The average Bonchev–Trinajstić information content (AvgIpc) is 1.64. The largest absolute Gasteiger partial charge is 0.477 e. The van der Waals surface area contributed by atoms with Crippen LogP contribution in [0.15, 0.2) is 9.52 Å². The molecule has 0 aromatic carbocycles. The van der Waals surface area contributed by atoms with Gasteiger partial charge in [0.2, 0.25) is 0 Å². The van der Waals surface area contributed by atoms with Gasteiger partial charge in [-0.25, -0.2) is 4.79 Å². The molecule has 0 aromatic rings. The van der Waals surface area contributed by atoms with Crippen LogP contribution in [0.4, 0.5) is 0 Å². The molecule has 0 aromatic heterocycles. The molecular weight excluding hydrogens is 174 g/mol. The molecule has 2 nitrogen and oxygen atoms in total. The number of hydrogen-bond acceptors (Lipinski definition) is 1. The number of carboxylic acids is 1. The van der Waals surface area contributed by atoms with Crippen molar-refractivity contribution >= 4 is 40.8 Å². The lowest BCUT2D eigenvalue weighted by Gasteiger charge is -1.85. The molecule has 0 unspecified atom stereocenters. The predicted octanol–water partition coefficient (Wildman–Crippen LogP) is 1.96. The molecule has 1 N–H and O–H groups in total. The molecule has 0 aliphatic rings. The SMILES string of the molecule is O=C(O)C(Cl)=C(Cl)Cl. The van der Waals surface area contributed by atoms with Gasteiger partial charge in [-0.3, -0.25) is 0 Å². The van der Waals surface area contributed by atoms with E-state index in [0.29, 0.717) is 0 Å². The Bertz CT molecular complexity index is 135. The minimum absolute atomic E-state index is 0.431. The van der Waals surface area contributed by atoms with Gasteiger partial charge in [0, 0.05) is 0 Å². The summed E-state index contributed by atoms with van der Waals surface area (Å²) in [7, 11) is 0. The summed E-state index contributed by atoms with van der Waals surface area (Å²) >= 11 is 14.9. The van der Waals surface area contributed by atoms with E-state index in [9.17, 15) is 4.79 Å². The highest BCUT2D eigenvalue weighted by Gasteiger charge is 2.06. The summed E-state index contributed by atoms with van der Waals surface area (Å²) in [5.41, 5.74) is 0. The van der Waals surface area contributed by atoms with Gasteiger partial charge in [0.05, 0.1) is 0 Å². The van der Waals surface area contributed by atoms with E-state index in [-0.39, 0.29) is 0 Å². The molecular formula is C3HCl3O2. The van der Waals surface area contributed by atoms with Crippen LogP contribution in [0.2, 0.25) is 0 Å². The standard InChI is InChI=1S/C3HCl3O2/c4-1(2(5)6)3(7)8/h(H,7,8). The third kappa shape index (κ3) is 2.40. The van der Waals surface area contributed by atoms with E-state index in [4.69, 9.17) is 39.9 Å². The van der Waals surface area contributed by atoms with Crippen molar-refractivity contribution in [2.45, 2.75) is 0 Å². The topological polar surface area (TPSA) is 37.3 Å². The molecule has 0 heterocycles.